The number of likely N-dealkylation sites (tertiary alicyclic amines) is 1. The molecule has 1 aliphatic heterocycles. The van der Waals surface area contributed by atoms with Gasteiger partial charge in [-0.05, 0) is 36.3 Å². The predicted molar refractivity (Wildman–Crippen MR) is 105 cm³/mol. The number of ether oxygens (including phenoxy) is 1. The van der Waals surface area contributed by atoms with Crippen molar-refractivity contribution in [1.29, 1.82) is 0 Å². The number of nitrogens with zero attached hydrogens (tertiary/aromatic N) is 1. The Morgan fingerprint density at radius 3 is 2.50 bits per heavy atom. The molecule has 0 aromatic heterocycles. The van der Waals surface area contributed by atoms with Crippen molar-refractivity contribution in [3.05, 3.63) is 71.8 Å². The molecule has 2 aromatic carbocycles. The van der Waals surface area contributed by atoms with Crippen molar-refractivity contribution in [2.24, 2.45) is 5.92 Å². The van der Waals surface area contributed by atoms with E-state index >= 15 is 0 Å². The fourth-order valence-electron chi connectivity index (χ4n) is 3.78. The smallest absolute Gasteiger partial charge is 0.230 e. The molecular formula is C23H29NO2. The molecular weight excluding hydrogens is 322 g/mol. The summed E-state index contributed by atoms with van der Waals surface area (Å²) in [4.78, 5) is 15.1. The first-order valence-electron chi connectivity index (χ1n) is 9.73. The van der Waals surface area contributed by atoms with E-state index in [-0.39, 0.29) is 11.8 Å². The van der Waals surface area contributed by atoms with Crippen LogP contribution >= 0.6 is 0 Å². The SMILES string of the molecule is CCC(C(=O)N1CCCC(COCc2ccccc2)C1)c1ccccc1. The second-order valence-electron chi connectivity index (χ2n) is 7.16. The average molecular weight is 351 g/mol. The largest absolute Gasteiger partial charge is 0.376 e. The third-order valence-electron chi connectivity index (χ3n) is 5.20. The van der Waals surface area contributed by atoms with Crippen LogP contribution in [0, 0.1) is 5.92 Å². The molecule has 1 heterocycles. The van der Waals surface area contributed by atoms with Crippen LogP contribution in [0.1, 0.15) is 43.2 Å². The van der Waals surface area contributed by atoms with Crippen LogP contribution in [-0.2, 0) is 16.1 Å². The van der Waals surface area contributed by atoms with E-state index in [1.54, 1.807) is 0 Å². The lowest BCUT2D eigenvalue weighted by Gasteiger charge is -2.35. The molecule has 0 bridgehead atoms. The van der Waals surface area contributed by atoms with Crippen molar-refractivity contribution in [1.82, 2.24) is 4.90 Å². The second kappa shape index (κ2) is 9.54. The number of rotatable bonds is 7. The normalized spacial score (nSPS) is 18.5. The molecule has 2 aromatic rings. The van der Waals surface area contributed by atoms with E-state index in [2.05, 4.69) is 36.1 Å². The number of piperidine rings is 1. The number of benzene rings is 2. The Hall–Kier alpha value is -2.13. The first-order chi connectivity index (χ1) is 12.8. The van der Waals surface area contributed by atoms with Crippen LogP contribution in [0.15, 0.2) is 60.7 Å². The Bertz CT molecular complexity index is 671. The second-order valence-corrected chi connectivity index (χ2v) is 7.16. The Morgan fingerprint density at radius 2 is 1.81 bits per heavy atom. The molecule has 0 aliphatic carbocycles. The van der Waals surface area contributed by atoms with Crippen molar-refractivity contribution in [2.75, 3.05) is 19.7 Å². The third kappa shape index (κ3) is 4.95. The highest BCUT2D eigenvalue weighted by molar-refractivity contribution is 5.83. The van der Waals surface area contributed by atoms with Gasteiger partial charge in [-0.1, -0.05) is 67.6 Å². The van der Waals surface area contributed by atoms with Crippen molar-refractivity contribution >= 4 is 5.91 Å². The maximum Gasteiger partial charge on any atom is 0.230 e. The molecule has 0 saturated carbocycles. The molecule has 1 aliphatic rings. The highest BCUT2D eigenvalue weighted by atomic mass is 16.5. The highest BCUT2D eigenvalue weighted by Crippen LogP contribution is 2.25. The number of carbonyl (C=O) groups excluding carboxylic acids is 1. The standard InChI is InChI=1S/C23H29NO2/c1-2-22(21-13-7-4-8-14-21)23(25)24-15-9-12-20(16-24)18-26-17-19-10-5-3-6-11-19/h3-8,10-11,13-14,20,22H,2,9,12,15-18H2,1H3. The monoisotopic (exact) mass is 351 g/mol. The minimum absolute atomic E-state index is 0.0276. The topological polar surface area (TPSA) is 29.5 Å². The van der Waals surface area contributed by atoms with E-state index in [4.69, 9.17) is 4.74 Å². The molecule has 1 fully saturated rings. The van der Waals surface area contributed by atoms with Gasteiger partial charge in [0.2, 0.25) is 5.91 Å². The summed E-state index contributed by atoms with van der Waals surface area (Å²) >= 11 is 0. The molecule has 2 atom stereocenters. The van der Waals surface area contributed by atoms with Crippen LogP contribution in [0.3, 0.4) is 0 Å². The van der Waals surface area contributed by atoms with E-state index in [1.165, 1.54) is 5.56 Å². The Morgan fingerprint density at radius 1 is 1.12 bits per heavy atom. The van der Waals surface area contributed by atoms with Crippen LogP contribution in [-0.4, -0.2) is 30.5 Å². The molecule has 0 spiro atoms. The number of amides is 1. The van der Waals surface area contributed by atoms with Gasteiger partial charge in [-0.15, -0.1) is 0 Å². The maximum absolute atomic E-state index is 13.1. The lowest BCUT2D eigenvalue weighted by molar-refractivity contribution is -0.135. The maximum atomic E-state index is 13.1. The molecule has 3 heteroatoms. The molecule has 3 rings (SSSR count). The summed E-state index contributed by atoms with van der Waals surface area (Å²) in [6.07, 6.45) is 3.05. The van der Waals surface area contributed by atoms with Crippen molar-refractivity contribution in [3.63, 3.8) is 0 Å². The minimum Gasteiger partial charge on any atom is -0.376 e. The van der Waals surface area contributed by atoms with Gasteiger partial charge >= 0.3 is 0 Å². The fraction of sp³-hybridized carbons (Fsp3) is 0.435. The zero-order chi connectivity index (χ0) is 18.2. The summed E-state index contributed by atoms with van der Waals surface area (Å²) in [5, 5.41) is 0. The molecule has 138 valence electrons. The van der Waals surface area contributed by atoms with Gasteiger partial charge in [0.25, 0.3) is 0 Å². The van der Waals surface area contributed by atoms with Crippen molar-refractivity contribution < 1.29 is 9.53 Å². The number of carbonyl (C=O) groups is 1. The van der Waals surface area contributed by atoms with Crippen LogP contribution in [0.5, 0.6) is 0 Å². The van der Waals surface area contributed by atoms with E-state index in [0.29, 0.717) is 12.5 Å². The van der Waals surface area contributed by atoms with Crippen molar-refractivity contribution in [3.8, 4) is 0 Å². The lowest BCUT2D eigenvalue weighted by Crippen LogP contribution is -2.43. The molecule has 3 nitrogen and oxygen atoms in total. The Kier molecular flexibility index (Phi) is 6.84. The quantitative estimate of drug-likeness (QED) is 0.727. The lowest BCUT2D eigenvalue weighted by atomic mass is 9.92. The number of hydrogen-bond acceptors (Lipinski definition) is 2. The summed E-state index contributed by atoms with van der Waals surface area (Å²) in [5.41, 5.74) is 2.33. The van der Waals surface area contributed by atoms with Gasteiger partial charge in [-0.25, -0.2) is 0 Å². The zero-order valence-electron chi connectivity index (χ0n) is 15.6. The molecule has 1 saturated heterocycles. The van der Waals surface area contributed by atoms with Gasteiger partial charge in [0.15, 0.2) is 0 Å². The summed E-state index contributed by atoms with van der Waals surface area (Å²) in [5.74, 6) is 0.677. The van der Waals surface area contributed by atoms with Crippen LogP contribution in [0.4, 0.5) is 0 Å². The van der Waals surface area contributed by atoms with E-state index in [1.807, 2.05) is 36.4 Å². The number of hydrogen-bond donors (Lipinski definition) is 0. The summed E-state index contributed by atoms with van der Waals surface area (Å²) in [6, 6.07) is 20.4. The molecule has 2 unspecified atom stereocenters. The van der Waals surface area contributed by atoms with Gasteiger partial charge in [0.1, 0.15) is 0 Å². The molecule has 0 radical (unpaired) electrons. The highest BCUT2D eigenvalue weighted by Gasteiger charge is 2.28. The van der Waals surface area contributed by atoms with Gasteiger partial charge < -0.3 is 9.64 Å². The fourth-order valence-corrected chi connectivity index (χ4v) is 3.78. The summed E-state index contributed by atoms with van der Waals surface area (Å²) in [7, 11) is 0. The first kappa shape index (κ1) is 18.7. The van der Waals surface area contributed by atoms with Crippen LogP contribution < -0.4 is 0 Å². The average Bonchev–Trinajstić information content (AvgIpc) is 2.70. The molecule has 0 N–H and O–H groups in total. The van der Waals surface area contributed by atoms with Gasteiger partial charge in [-0.2, -0.15) is 0 Å². The van der Waals surface area contributed by atoms with Crippen LogP contribution in [0.25, 0.3) is 0 Å². The van der Waals surface area contributed by atoms with E-state index in [9.17, 15) is 4.79 Å². The Balaban J connectivity index is 1.53. The Labute approximate surface area is 157 Å². The van der Waals surface area contributed by atoms with E-state index in [0.717, 1.165) is 44.5 Å². The third-order valence-corrected chi connectivity index (χ3v) is 5.20. The minimum atomic E-state index is -0.0276. The summed E-state index contributed by atoms with van der Waals surface area (Å²) in [6.45, 7) is 5.15. The molecule has 1 amide bonds. The summed E-state index contributed by atoms with van der Waals surface area (Å²) < 4.78 is 5.92. The first-order valence-corrected chi connectivity index (χ1v) is 9.73. The molecule has 26 heavy (non-hydrogen) atoms. The van der Waals surface area contributed by atoms with E-state index < -0.39 is 0 Å². The van der Waals surface area contributed by atoms with Gasteiger partial charge in [0, 0.05) is 13.1 Å². The predicted octanol–water partition coefficient (Wildman–Crippen LogP) is 4.64. The van der Waals surface area contributed by atoms with Crippen LogP contribution in [0.2, 0.25) is 0 Å². The zero-order valence-corrected chi connectivity index (χ0v) is 15.6. The van der Waals surface area contributed by atoms with Gasteiger partial charge in [0.05, 0.1) is 19.1 Å². The van der Waals surface area contributed by atoms with Gasteiger partial charge in [-0.3, -0.25) is 4.79 Å². The van der Waals surface area contributed by atoms with Crippen molar-refractivity contribution in [2.45, 2.75) is 38.7 Å².